The first kappa shape index (κ1) is 12.7. The van der Waals surface area contributed by atoms with Crippen LogP contribution in [0.3, 0.4) is 0 Å². The maximum atomic E-state index is 10.4. The van der Waals surface area contributed by atoms with Crippen LogP contribution in [0.1, 0.15) is 13.8 Å². The van der Waals surface area contributed by atoms with E-state index in [-0.39, 0.29) is 17.8 Å². The molecule has 0 aromatic heterocycles. The highest BCUT2D eigenvalue weighted by Crippen LogP contribution is 2.19. The zero-order valence-electron chi connectivity index (χ0n) is 7.93. The van der Waals surface area contributed by atoms with Gasteiger partial charge in [0.2, 0.25) is 0 Å². The van der Waals surface area contributed by atoms with Gasteiger partial charge in [0.1, 0.15) is 6.04 Å². The smallest absolute Gasteiger partial charge is 0.321 e. The Morgan fingerprint density at radius 2 is 2.08 bits per heavy atom. The molecule has 0 fully saturated rings. The fourth-order valence-corrected chi connectivity index (χ4v) is 1.71. The van der Waals surface area contributed by atoms with E-state index in [0.717, 1.165) is 0 Å². The minimum Gasteiger partial charge on any atom is -0.480 e. The van der Waals surface area contributed by atoms with Crippen molar-refractivity contribution in [2.75, 3.05) is 12.4 Å². The molecule has 0 aromatic rings. The third-order valence-electron chi connectivity index (χ3n) is 1.95. The quantitative estimate of drug-likeness (QED) is 0.577. The Morgan fingerprint density at radius 3 is 2.46 bits per heavy atom. The van der Waals surface area contributed by atoms with Gasteiger partial charge in [-0.3, -0.25) is 4.79 Å². The third kappa shape index (κ3) is 5.13. The van der Waals surface area contributed by atoms with Gasteiger partial charge in [0.05, 0.1) is 0 Å². The van der Waals surface area contributed by atoms with E-state index in [2.05, 4.69) is 0 Å². The summed E-state index contributed by atoms with van der Waals surface area (Å²) < 4.78 is 0. The van der Waals surface area contributed by atoms with Gasteiger partial charge in [0.25, 0.3) is 0 Å². The van der Waals surface area contributed by atoms with Gasteiger partial charge in [-0.05, 0) is 5.92 Å². The van der Waals surface area contributed by atoms with E-state index in [1.165, 1.54) is 11.8 Å². The molecular formula is C8H17NO3S. The Balaban J connectivity index is 3.69. The molecule has 0 amide bonds. The summed E-state index contributed by atoms with van der Waals surface area (Å²) in [6, 6.07) is -0.807. The number of rotatable bonds is 6. The maximum Gasteiger partial charge on any atom is 0.321 e. The largest absolute Gasteiger partial charge is 0.480 e. The topological polar surface area (TPSA) is 83.5 Å². The Hall–Kier alpha value is -0.260. The number of aliphatic carboxylic acids is 1. The molecule has 0 radical (unpaired) electrons. The second-order valence-electron chi connectivity index (χ2n) is 3.14. The molecule has 0 spiro atoms. The highest BCUT2D eigenvalue weighted by molar-refractivity contribution is 7.99. The van der Waals surface area contributed by atoms with Crippen LogP contribution in [0.2, 0.25) is 0 Å². The maximum absolute atomic E-state index is 10.4. The molecule has 3 atom stereocenters. The Morgan fingerprint density at radius 1 is 1.54 bits per heavy atom. The summed E-state index contributed by atoms with van der Waals surface area (Å²) in [5, 5.41) is 17.6. The van der Waals surface area contributed by atoms with E-state index in [1.54, 1.807) is 0 Å². The lowest BCUT2D eigenvalue weighted by molar-refractivity contribution is -0.137. The number of thioether (sulfide) groups is 1. The number of hydrogen-bond donors (Lipinski definition) is 3. The van der Waals surface area contributed by atoms with E-state index in [1.807, 2.05) is 13.8 Å². The number of carboxylic acid groups (broad SMARTS) is 1. The van der Waals surface area contributed by atoms with Crippen LogP contribution in [-0.4, -0.2) is 39.8 Å². The molecule has 0 aliphatic rings. The zero-order chi connectivity index (χ0) is 10.4. The fraction of sp³-hybridized carbons (Fsp3) is 0.875. The predicted octanol–water partition coefficient (Wildman–Crippen LogP) is 0.148. The molecule has 13 heavy (non-hydrogen) atoms. The number of aliphatic hydroxyl groups is 1. The van der Waals surface area contributed by atoms with E-state index in [4.69, 9.17) is 15.9 Å². The first-order chi connectivity index (χ1) is 5.99. The highest BCUT2D eigenvalue weighted by atomic mass is 32.2. The molecule has 5 heteroatoms. The second-order valence-corrected chi connectivity index (χ2v) is 4.55. The van der Waals surface area contributed by atoms with Gasteiger partial charge in [-0.1, -0.05) is 13.8 Å². The van der Waals surface area contributed by atoms with Gasteiger partial charge in [0.15, 0.2) is 0 Å². The van der Waals surface area contributed by atoms with Crippen molar-refractivity contribution in [3.8, 4) is 0 Å². The van der Waals surface area contributed by atoms with Crippen molar-refractivity contribution < 1.29 is 15.0 Å². The normalized spacial score (nSPS) is 17.8. The summed E-state index contributed by atoms with van der Waals surface area (Å²) in [5.74, 6) is -0.414. The Labute approximate surface area is 82.5 Å². The van der Waals surface area contributed by atoms with Crippen LogP contribution in [0, 0.1) is 5.92 Å². The van der Waals surface area contributed by atoms with Gasteiger partial charge in [-0.15, -0.1) is 0 Å². The molecular weight excluding hydrogens is 190 g/mol. The van der Waals surface area contributed by atoms with E-state index in [0.29, 0.717) is 5.75 Å². The molecule has 0 bridgehead atoms. The van der Waals surface area contributed by atoms with Crippen molar-refractivity contribution >= 4 is 17.7 Å². The van der Waals surface area contributed by atoms with E-state index < -0.39 is 12.0 Å². The van der Waals surface area contributed by atoms with Crippen LogP contribution in [0.25, 0.3) is 0 Å². The van der Waals surface area contributed by atoms with Crippen LogP contribution in [0.4, 0.5) is 0 Å². The third-order valence-corrected chi connectivity index (χ3v) is 3.49. The van der Waals surface area contributed by atoms with Crippen molar-refractivity contribution in [3.05, 3.63) is 0 Å². The number of hydrogen-bond acceptors (Lipinski definition) is 4. The van der Waals surface area contributed by atoms with Gasteiger partial charge < -0.3 is 15.9 Å². The lowest BCUT2D eigenvalue weighted by Gasteiger charge is -2.17. The van der Waals surface area contributed by atoms with Crippen molar-refractivity contribution in [1.29, 1.82) is 0 Å². The molecule has 0 heterocycles. The van der Waals surface area contributed by atoms with Crippen LogP contribution >= 0.6 is 11.8 Å². The minimum absolute atomic E-state index is 0.122. The summed E-state index contributed by atoms with van der Waals surface area (Å²) in [6.07, 6.45) is 0. The van der Waals surface area contributed by atoms with Gasteiger partial charge in [-0.25, -0.2) is 0 Å². The number of carboxylic acids is 1. The Bertz CT molecular complexity index is 165. The summed E-state index contributed by atoms with van der Waals surface area (Å²) in [7, 11) is 0. The monoisotopic (exact) mass is 207 g/mol. The van der Waals surface area contributed by atoms with Crippen LogP contribution in [0.5, 0.6) is 0 Å². The average molecular weight is 207 g/mol. The minimum atomic E-state index is -0.976. The number of nitrogens with two attached hydrogens (primary N) is 1. The summed E-state index contributed by atoms with van der Waals surface area (Å²) in [6.45, 7) is 4.00. The van der Waals surface area contributed by atoms with Crippen molar-refractivity contribution in [2.24, 2.45) is 11.7 Å². The average Bonchev–Trinajstić information content (AvgIpc) is 2.11. The van der Waals surface area contributed by atoms with Crippen LogP contribution in [0.15, 0.2) is 0 Å². The van der Waals surface area contributed by atoms with E-state index in [9.17, 15) is 4.79 Å². The molecule has 2 unspecified atom stereocenters. The Kier molecular flexibility index (Phi) is 6.11. The molecule has 0 saturated carbocycles. The summed E-state index contributed by atoms with van der Waals surface area (Å²) in [5.41, 5.74) is 5.32. The molecule has 4 nitrogen and oxygen atoms in total. The molecule has 0 aliphatic heterocycles. The number of aliphatic hydroxyl groups excluding tert-OH is 1. The van der Waals surface area contributed by atoms with Crippen molar-refractivity contribution in [1.82, 2.24) is 0 Å². The van der Waals surface area contributed by atoms with Gasteiger partial charge >= 0.3 is 5.97 Å². The SMILES string of the molecule is CC(CO)C(C)SC[C@H](N)C(=O)O. The highest BCUT2D eigenvalue weighted by Gasteiger charge is 2.16. The molecule has 0 saturated heterocycles. The molecule has 0 aromatic carbocycles. The van der Waals surface area contributed by atoms with E-state index >= 15 is 0 Å². The van der Waals surface area contributed by atoms with Crippen LogP contribution < -0.4 is 5.73 Å². The lowest BCUT2D eigenvalue weighted by atomic mass is 10.1. The van der Waals surface area contributed by atoms with Gasteiger partial charge in [0, 0.05) is 17.6 Å². The van der Waals surface area contributed by atoms with Crippen molar-refractivity contribution in [3.63, 3.8) is 0 Å². The fourth-order valence-electron chi connectivity index (χ4n) is 0.639. The zero-order valence-corrected chi connectivity index (χ0v) is 8.75. The first-order valence-corrected chi connectivity index (χ1v) is 5.24. The lowest BCUT2D eigenvalue weighted by Crippen LogP contribution is -2.33. The first-order valence-electron chi connectivity index (χ1n) is 4.19. The standard InChI is InChI=1S/C8H17NO3S/c1-5(3-10)6(2)13-4-7(9)8(11)12/h5-7,10H,3-4,9H2,1-2H3,(H,11,12)/t5?,6?,7-/m0/s1. The second kappa shape index (κ2) is 6.23. The molecule has 0 rings (SSSR count). The van der Waals surface area contributed by atoms with Crippen molar-refractivity contribution in [2.45, 2.75) is 25.1 Å². The molecule has 0 aliphatic carbocycles. The predicted molar refractivity (Wildman–Crippen MR) is 53.8 cm³/mol. The molecule has 4 N–H and O–H groups in total. The summed E-state index contributed by atoms with van der Waals surface area (Å²) in [4.78, 5) is 10.4. The van der Waals surface area contributed by atoms with Gasteiger partial charge in [-0.2, -0.15) is 11.8 Å². The van der Waals surface area contributed by atoms with Crippen LogP contribution in [-0.2, 0) is 4.79 Å². The number of carbonyl (C=O) groups is 1. The summed E-state index contributed by atoms with van der Waals surface area (Å²) >= 11 is 1.48. The molecule has 78 valence electrons.